The van der Waals surface area contributed by atoms with E-state index >= 15 is 0 Å². The predicted octanol–water partition coefficient (Wildman–Crippen LogP) is 15.3. The number of rotatable bonds is 52. The van der Waals surface area contributed by atoms with Crippen molar-refractivity contribution in [3.05, 3.63) is 109 Å². The number of carbonyl (C=O) groups is 2. The first-order chi connectivity index (χ1) is 38.7. The molecule has 1 fully saturated rings. The van der Waals surface area contributed by atoms with E-state index in [1.165, 1.54) is 103 Å². The molecule has 6 N–H and O–H groups in total. The fourth-order valence-corrected chi connectivity index (χ4v) is 9.18. The smallest absolute Gasteiger partial charge is 0.306 e. The first-order valence-electron chi connectivity index (χ1n) is 31.7. The summed E-state index contributed by atoms with van der Waals surface area (Å²) in [5, 5.41) is 57.0. The number of hydrogen-bond donors (Lipinski definition) is 6. The molecular formula is C68H115NO10. The summed E-state index contributed by atoms with van der Waals surface area (Å²) in [7, 11) is 0. The van der Waals surface area contributed by atoms with E-state index in [4.69, 9.17) is 14.2 Å². The molecule has 0 bridgehead atoms. The van der Waals surface area contributed by atoms with Crippen molar-refractivity contribution < 1.29 is 49.3 Å². The molecule has 8 atom stereocenters. The van der Waals surface area contributed by atoms with Crippen LogP contribution in [0.4, 0.5) is 0 Å². The van der Waals surface area contributed by atoms with Gasteiger partial charge in [0.25, 0.3) is 0 Å². The normalized spacial score (nSPS) is 19.6. The number of hydrogen-bond acceptors (Lipinski definition) is 10. The van der Waals surface area contributed by atoms with Gasteiger partial charge in [-0.25, -0.2) is 0 Å². The minimum absolute atomic E-state index is 0.00718. The zero-order valence-corrected chi connectivity index (χ0v) is 50.0. The maximum atomic E-state index is 13.4. The van der Waals surface area contributed by atoms with Crippen molar-refractivity contribution in [1.82, 2.24) is 5.32 Å². The monoisotopic (exact) mass is 1110 g/mol. The van der Waals surface area contributed by atoms with Crippen LogP contribution in [0, 0.1) is 0 Å². The van der Waals surface area contributed by atoms with Crippen LogP contribution in [-0.2, 0) is 23.8 Å². The minimum atomic E-state index is -1.65. The van der Waals surface area contributed by atoms with E-state index < -0.39 is 67.4 Å². The van der Waals surface area contributed by atoms with Gasteiger partial charge < -0.3 is 45.1 Å². The summed E-state index contributed by atoms with van der Waals surface area (Å²) < 4.78 is 17.5. The molecule has 1 aliphatic rings. The van der Waals surface area contributed by atoms with Crippen molar-refractivity contribution >= 4 is 11.9 Å². The molecule has 1 heterocycles. The number of amides is 1. The molecule has 1 aliphatic heterocycles. The summed E-state index contributed by atoms with van der Waals surface area (Å²) in [6.45, 7) is 5.61. The lowest BCUT2D eigenvalue weighted by molar-refractivity contribution is -0.305. The number of esters is 1. The molecule has 0 spiro atoms. The molecule has 79 heavy (non-hydrogen) atoms. The molecule has 0 aromatic carbocycles. The maximum Gasteiger partial charge on any atom is 0.306 e. The number of aliphatic hydroxyl groups excluding tert-OH is 5. The second-order valence-corrected chi connectivity index (χ2v) is 21.4. The van der Waals surface area contributed by atoms with Crippen LogP contribution in [0.1, 0.15) is 245 Å². The zero-order valence-electron chi connectivity index (χ0n) is 50.0. The number of carbonyl (C=O) groups excluding carboxylic acids is 2. The van der Waals surface area contributed by atoms with Crippen molar-refractivity contribution in [3.63, 3.8) is 0 Å². The summed E-state index contributed by atoms with van der Waals surface area (Å²) in [6, 6.07) is -1.05. The van der Waals surface area contributed by atoms with E-state index in [0.717, 1.165) is 89.9 Å². The highest BCUT2D eigenvalue weighted by molar-refractivity contribution is 5.80. The van der Waals surface area contributed by atoms with Crippen LogP contribution >= 0.6 is 0 Å². The molecule has 0 saturated carbocycles. The predicted molar refractivity (Wildman–Crippen MR) is 328 cm³/mol. The Morgan fingerprint density at radius 3 is 1.39 bits per heavy atom. The second kappa shape index (κ2) is 54.9. The number of nitrogens with one attached hydrogen (secondary N) is 1. The largest absolute Gasteiger partial charge is 0.454 e. The van der Waals surface area contributed by atoms with Gasteiger partial charge in [-0.15, -0.1) is 0 Å². The Labute approximate surface area is 481 Å². The molecule has 1 saturated heterocycles. The van der Waals surface area contributed by atoms with Crippen LogP contribution < -0.4 is 5.32 Å². The van der Waals surface area contributed by atoms with Gasteiger partial charge in [0.1, 0.15) is 24.4 Å². The Balaban J connectivity index is 2.74. The maximum absolute atomic E-state index is 13.4. The molecule has 0 aromatic rings. The first kappa shape index (κ1) is 73.3. The molecule has 0 aromatic heterocycles. The van der Waals surface area contributed by atoms with Gasteiger partial charge in [-0.1, -0.05) is 252 Å². The lowest BCUT2D eigenvalue weighted by Gasteiger charge is -2.41. The summed E-state index contributed by atoms with van der Waals surface area (Å²) in [6.07, 6.45) is 64.1. The number of unbranched alkanes of at least 4 members (excludes halogenated alkanes) is 22. The molecule has 11 heteroatoms. The number of aliphatic hydroxyl groups is 5. The average molecular weight is 1110 g/mol. The van der Waals surface area contributed by atoms with Gasteiger partial charge in [0.05, 0.1) is 25.4 Å². The van der Waals surface area contributed by atoms with E-state index in [2.05, 4.69) is 111 Å². The van der Waals surface area contributed by atoms with Crippen LogP contribution in [-0.4, -0.2) is 99.6 Å². The molecule has 0 aliphatic carbocycles. The Morgan fingerprint density at radius 2 is 0.911 bits per heavy atom. The third-order valence-corrected chi connectivity index (χ3v) is 14.2. The van der Waals surface area contributed by atoms with Crippen LogP contribution in [0.25, 0.3) is 0 Å². The van der Waals surface area contributed by atoms with Crippen LogP contribution in [0.3, 0.4) is 0 Å². The quantitative estimate of drug-likeness (QED) is 0.0195. The summed E-state index contributed by atoms with van der Waals surface area (Å²) >= 11 is 0. The first-order valence-corrected chi connectivity index (χ1v) is 31.7. The topological polar surface area (TPSA) is 175 Å². The zero-order chi connectivity index (χ0) is 57.5. The molecule has 11 nitrogen and oxygen atoms in total. The van der Waals surface area contributed by atoms with Crippen LogP contribution in [0.5, 0.6) is 0 Å². The molecule has 452 valence electrons. The fraction of sp³-hybridized carbons (Fsp3) is 0.706. The van der Waals surface area contributed by atoms with Gasteiger partial charge in [0, 0.05) is 6.42 Å². The molecule has 8 unspecified atom stereocenters. The standard InChI is InChI=1S/C68H115NO10/c1-4-7-10-13-16-19-22-25-27-29-31-33-35-38-41-44-47-50-53-56-63(73)79-66-65(75)64(74)62(57-70)78-68(66)77-58-59(60(71)54-51-48-45-42-39-36-24-21-18-15-12-9-6-3)69-67(76)61(72)55-52-49-46-43-40-37-34-32-30-28-26-23-20-17-14-11-8-5-2/h7,10,16-17,19-20,25-28,31,33,38,41,47,50-51,54,59-62,64-66,68,70-72,74-75H,4-6,8-9,11-15,18,21-24,29-30,32,34-37,39-40,42-46,48-49,52-53,55-58H2,1-3H3,(H,69,76)/b10-7-,19-16-,20-17-,27-25-,28-26-,33-31-,41-38-,50-47-,54-51+. The van der Waals surface area contributed by atoms with Crippen molar-refractivity contribution in [1.29, 1.82) is 0 Å². The van der Waals surface area contributed by atoms with Gasteiger partial charge in [0.15, 0.2) is 12.4 Å². The van der Waals surface area contributed by atoms with Gasteiger partial charge in [-0.2, -0.15) is 0 Å². The lowest BCUT2D eigenvalue weighted by Crippen LogP contribution is -2.61. The highest BCUT2D eigenvalue weighted by Crippen LogP contribution is 2.26. The van der Waals surface area contributed by atoms with Gasteiger partial charge in [-0.3, -0.25) is 9.59 Å². The molecule has 0 radical (unpaired) electrons. The SMILES string of the molecule is CC/C=C\C/C=C\C/C=C\C/C=C\C/C=C\C/C=C\CCC(=O)OC1C(OCC(NC(=O)C(O)CCCCCCCCCC/C=C\C/C=C\CCCCC)C(O)/C=C/CCCCCCCCCCCCC)OC(CO)C(O)C1O. The van der Waals surface area contributed by atoms with Crippen molar-refractivity contribution in [2.24, 2.45) is 0 Å². The Morgan fingerprint density at radius 1 is 0.506 bits per heavy atom. The van der Waals surface area contributed by atoms with Crippen LogP contribution in [0.2, 0.25) is 0 Å². The molecular weight excluding hydrogens is 991 g/mol. The molecule has 1 rings (SSSR count). The Kier molecular flexibility index (Phi) is 50.9. The highest BCUT2D eigenvalue weighted by atomic mass is 16.7. The average Bonchev–Trinajstić information content (AvgIpc) is 3.49. The van der Waals surface area contributed by atoms with E-state index in [1.807, 2.05) is 18.2 Å². The summed E-state index contributed by atoms with van der Waals surface area (Å²) in [4.78, 5) is 26.5. The lowest BCUT2D eigenvalue weighted by atomic mass is 9.99. The van der Waals surface area contributed by atoms with E-state index in [1.54, 1.807) is 6.08 Å². The molecule has 1 amide bonds. The van der Waals surface area contributed by atoms with Crippen LogP contribution in [0.15, 0.2) is 109 Å². The van der Waals surface area contributed by atoms with Gasteiger partial charge in [-0.05, 0) is 96.3 Å². The van der Waals surface area contributed by atoms with Crippen molar-refractivity contribution in [3.8, 4) is 0 Å². The van der Waals surface area contributed by atoms with Gasteiger partial charge in [0.2, 0.25) is 5.91 Å². The van der Waals surface area contributed by atoms with E-state index in [-0.39, 0.29) is 19.4 Å². The Hall–Kier alpha value is -3.68. The summed E-state index contributed by atoms with van der Waals surface area (Å²) in [5.41, 5.74) is 0. The Bertz CT molecular complexity index is 1700. The van der Waals surface area contributed by atoms with Crippen molar-refractivity contribution in [2.45, 2.75) is 294 Å². The van der Waals surface area contributed by atoms with Crippen molar-refractivity contribution in [2.75, 3.05) is 13.2 Å². The van der Waals surface area contributed by atoms with E-state index in [9.17, 15) is 35.1 Å². The fourth-order valence-electron chi connectivity index (χ4n) is 9.18. The summed E-state index contributed by atoms with van der Waals surface area (Å²) in [5.74, 6) is -1.29. The second-order valence-electron chi connectivity index (χ2n) is 21.4. The number of allylic oxidation sites excluding steroid dienone is 17. The van der Waals surface area contributed by atoms with E-state index in [0.29, 0.717) is 19.3 Å². The number of ether oxygens (including phenoxy) is 3. The van der Waals surface area contributed by atoms with Gasteiger partial charge >= 0.3 is 5.97 Å². The third kappa shape index (κ3) is 42.8. The minimum Gasteiger partial charge on any atom is -0.454 e. The highest BCUT2D eigenvalue weighted by Gasteiger charge is 2.47. The third-order valence-electron chi connectivity index (χ3n) is 14.2.